The van der Waals surface area contributed by atoms with Gasteiger partial charge in [-0.15, -0.1) is 0 Å². The highest BCUT2D eigenvalue weighted by molar-refractivity contribution is 5.77. The summed E-state index contributed by atoms with van der Waals surface area (Å²) in [6, 6.07) is 8.02. The molecule has 0 radical (unpaired) electrons. The van der Waals surface area contributed by atoms with Crippen molar-refractivity contribution in [3.8, 4) is 0 Å². The Hall–Kier alpha value is -1.61. The van der Waals surface area contributed by atoms with Crippen molar-refractivity contribution in [3.05, 3.63) is 36.1 Å². The highest BCUT2D eigenvalue weighted by Gasteiger charge is 2.05. The quantitative estimate of drug-likeness (QED) is 0.780. The number of benzene rings is 1. The number of likely N-dealkylation sites (N-methyl/N-ethyl adjacent to an activating group) is 1. The molecule has 1 N–H and O–H groups in total. The zero-order valence-electron chi connectivity index (χ0n) is 9.27. The maximum Gasteiger partial charge on any atom is 0.136 e. The van der Waals surface area contributed by atoms with Gasteiger partial charge >= 0.3 is 0 Å². The summed E-state index contributed by atoms with van der Waals surface area (Å²) >= 11 is 0. The molecule has 2 rings (SSSR count). The number of hydrogen-bond acceptors (Lipinski definition) is 3. The molecule has 3 nitrogen and oxygen atoms in total. The number of aryl methyl sites for hydroxylation is 1. The third kappa shape index (κ3) is 2.31. The van der Waals surface area contributed by atoms with Crippen LogP contribution in [-0.2, 0) is 11.2 Å². The van der Waals surface area contributed by atoms with Crippen LogP contribution in [0.2, 0.25) is 0 Å². The van der Waals surface area contributed by atoms with Gasteiger partial charge in [-0.1, -0.05) is 6.07 Å². The highest BCUT2D eigenvalue weighted by Crippen LogP contribution is 2.18. The Morgan fingerprint density at radius 1 is 1.44 bits per heavy atom. The van der Waals surface area contributed by atoms with Crippen LogP contribution in [0.5, 0.6) is 0 Å². The number of rotatable bonds is 5. The molecule has 1 aromatic carbocycles. The minimum absolute atomic E-state index is 0.0555. The van der Waals surface area contributed by atoms with Crippen molar-refractivity contribution in [2.75, 3.05) is 7.05 Å². The predicted octanol–water partition coefficient (Wildman–Crippen LogP) is 2.15. The van der Waals surface area contributed by atoms with Gasteiger partial charge in [-0.3, -0.25) is 0 Å². The monoisotopic (exact) mass is 217 g/mol. The Kier molecular flexibility index (Phi) is 3.37. The highest BCUT2D eigenvalue weighted by atomic mass is 16.3. The van der Waals surface area contributed by atoms with Gasteiger partial charge in [0.05, 0.1) is 12.3 Å². The Bertz CT molecular complexity index is 475. The third-order valence-electron chi connectivity index (χ3n) is 2.80. The molecule has 0 spiro atoms. The van der Waals surface area contributed by atoms with Crippen LogP contribution in [0.3, 0.4) is 0 Å². The van der Waals surface area contributed by atoms with Crippen LogP contribution >= 0.6 is 0 Å². The normalized spacial score (nSPS) is 12.8. The molecule has 84 valence electrons. The second-order valence-corrected chi connectivity index (χ2v) is 3.86. The molecule has 0 bridgehead atoms. The number of carbonyl (C=O) groups excluding carboxylic acids is 1. The minimum atomic E-state index is -0.0555. The van der Waals surface area contributed by atoms with E-state index in [1.54, 1.807) is 13.3 Å². The minimum Gasteiger partial charge on any atom is -0.464 e. The maximum absolute atomic E-state index is 10.7. The SMILES string of the molecule is CN[C@H](C=O)CCc1ccc2occc2c1. The Morgan fingerprint density at radius 3 is 3.06 bits per heavy atom. The molecule has 0 saturated heterocycles. The zero-order chi connectivity index (χ0) is 11.4. The van der Waals surface area contributed by atoms with Crippen molar-refractivity contribution in [2.24, 2.45) is 0 Å². The summed E-state index contributed by atoms with van der Waals surface area (Å²) < 4.78 is 5.27. The predicted molar refractivity (Wildman–Crippen MR) is 63.4 cm³/mol. The number of aldehydes is 1. The van der Waals surface area contributed by atoms with E-state index in [0.717, 1.165) is 30.1 Å². The van der Waals surface area contributed by atoms with Crippen LogP contribution in [0.4, 0.5) is 0 Å². The van der Waals surface area contributed by atoms with E-state index < -0.39 is 0 Å². The number of hydrogen-bond donors (Lipinski definition) is 1. The van der Waals surface area contributed by atoms with E-state index in [9.17, 15) is 4.79 Å². The Balaban J connectivity index is 2.06. The summed E-state index contributed by atoms with van der Waals surface area (Å²) in [5.41, 5.74) is 2.14. The van der Waals surface area contributed by atoms with Gasteiger partial charge in [0.1, 0.15) is 11.9 Å². The second-order valence-electron chi connectivity index (χ2n) is 3.86. The van der Waals surface area contributed by atoms with Crippen molar-refractivity contribution in [3.63, 3.8) is 0 Å². The van der Waals surface area contributed by atoms with Crippen molar-refractivity contribution in [2.45, 2.75) is 18.9 Å². The van der Waals surface area contributed by atoms with Gasteiger partial charge in [-0.05, 0) is 43.7 Å². The molecule has 0 unspecified atom stereocenters. The van der Waals surface area contributed by atoms with E-state index in [-0.39, 0.29) is 6.04 Å². The zero-order valence-corrected chi connectivity index (χ0v) is 9.27. The Morgan fingerprint density at radius 2 is 2.31 bits per heavy atom. The maximum atomic E-state index is 10.7. The van der Waals surface area contributed by atoms with Crippen LogP contribution in [0, 0.1) is 0 Å². The lowest BCUT2D eigenvalue weighted by atomic mass is 10.0. The average Bonchev–Trinajstić information content (AvgIpc) is 2.77. The molecule has 2 aromatic rings. The molecule has 3 heteroatoms. The fourth-order valence-electron chi connectivity index (χ4n) is 1.77. The molecule has 1 atom stereocenters. The third-order valence-corrected chi connectivity index (χ3v) is 2.80. The van der Waals surface area contributed by atoms with E-state index in [2.05, 4.69) is 11.4 Å². The van der Waals surface area contributed by atoms with E-state index in [1.165, 1.54) is 5.56 Å². The molecule has 0 aliphatic carbocycles. The van der Waals surface area contributed by atoms with Gasteiger partial charge in [0.25, 0.3) is 0 Å². The summed E-state index contributed by atoms with van der Waals surface area (Å²) in [7, 11) is 1.80. The largest absolute Gasteiger partial charge is 0.464 e. The van der Waals surface area contributed by atoms with Gasteiger partial charge in [0, 0.05) is 5.39 Å². The topological polar surface area (TPSA) is 42.2 Å². The van der Waals surface area contributed by atoms with Crippen LogP contribution in [0.25, 0.3) is 11.0 Å². The van der Waals surface area contributed by atoms with Gasteiger partial charge in [0.2, 0.25) is 0 Å². The number of furan rings is 1. The first-order valence-corrected chi connectivity index (χ1v) is 5.42. The molecular weight excluding hydrogens is 202 g/mol. The van der Waals surface area contributed by atoms with Gasteiger partial charge in [0.15, 0.2) is 0 Å². The van der Waals surface area contributed by atoms with Crippen LogP contribution < -0.4 is 5.32 Å². The lowest BCUT2D eigenvalue weighted by Crippen LogP contribution is -2.26. The first-order chi connectivity index (χ1) is 7.83. The van der Waals surface area contributed by atoms with Crippen molar-refractivity contribution < 1.29 is 9.21 Å². The lowest BCUT2D eigenvalue weighted by Gasteiger charge is -2.08. The summed E-state index contributed by atoms with van der Waals surface area (Å²) in [5.74, 6) is 0. The summed E-state index contributed by atoms with van der Waals surface area (Å²) in [6.07, 6.45) is 4.36. The molecule has 0 fully saturated rings. The van der Waals surface area contributed by atoms with Crippen LogP contribution in [0.15, 0.2) is 34.9 Å². The summed E-state index contributed by atoms with van der Waals surface area (Å²) in [6.45, 7) is 0. The van der Waals surface area contributed by atoms with Gasteiger partial charge < -0.3 is 14.5 Å². The molecule has 0 aliphatic rings. The first kappa shape index (κ1) is 10.9. The van der Waals surface area contributed by atoms with Crippen LogP contribution in [-0.4, -0.2) is 19.4 Å². The molecule has 1 heterocycles. The van der Waals surface area contributed by atoms with E-state index >= 15 is 0 Å². The number of nitrogens with one attached hydrogen (secondary N) is 1. The molecular formula is C13H15NO2. The van der Waals surface area contributed by atoms with Gasteiger partial charge in [-0.25, -0.2) is 0 Å². The summed E-state index contributed by atoms with van der Waals surface area (Å²) in [5, 5.41) is 4.08. The molecule has 1 aromatic heterocycles. The molecule has 0 saturated carbocycles. The Labute approximate surface area is 94.4 Å². The van der Waals surface area contributed by atoms with Crippen molar-refractivity contribution in [1.29, 1.82) is 0 Å². The molecule has 0 aliphatic heterocycles. The fraction of sp³-hybridized carbons (Fsp3) is 0.308. The second kappa shape index (κ2) is 4.94. The van der Waals surface area contributed by atoms with Gasteiger partial charge in [-0.2, -0.15) is 0 Å². The standard InChI is InChI=1S/C13H15NO2/c1-14-12(9-15)4-2-10-3-5-13-11(8-10)6-7-16-13/h3,5-9,12,14H,2,4H2,1H3/t12-/m0/s1. The summed E-state index contributed by atoms with van der Waals surface area (Å²) in [4.78, 5) is 10.7. The van der Waals surface area contributed by atoms with Crippen molar-refractivity contribution >= 4 is 17.3 Å². The smallest absolute Gasteiger partial charge is 0.136 e. The lowest BCUT2D eigenvalue weighted by molar-refractivity contribution is -0.109. The number of carbonyl (C=O) groups is 1. The fourth-order valence-corrected chi connectivity index (χ4v) is 1.77. The number of fused-ring (bicyclic) bond motifs is 1. The van der Waals surface area contributed by atoms with E-state index in [1.807, 2.05) is 18.2 Å². The molecule has 16 heavy (non-hydrogen) atoms. The van der Waals surface area contributed by atoms with Crippen molar-refractivity contribution in [1.82, 2.24) is 5.32 Å². The average molecular weight is 217 g/mol. The van der Waals surface area contributed by atoms with E-state index in [4.69, 9.17) is 4.42 Å². The van der Waals surface area contributed by atoms with E-state index in [0.29, 0.717) is 0 Å². The first-order valence-electron chi connectivity index (χ1n) is 5.42. The van der Waals surface area contributed by atoms with Crippen LogP contribution in [0.1, 0.15) is 12.0 Å². The molecule has 0 amide bonds.